The van der Waals surface area contributed by atoms with Gasteiger partial charge in [-0.15, -0.1) is 10.2 Å². The highest BCUT2D eigenvalue weighted by atomic mass is 32.2. The van der Waals surface area contributed by atoms with Crippen molar-refractivity contribution >= 4 is 23.1 Å². The topological polar surface area (TPSA) is 37.8 Å². The molecule has 102 valence electrons. The summed E-state index contributed by atoms with van der Waals surface area (Å²) in [5.41, 5.74) is 1.16. The van der Waals surface area contributed by atoms with Crippen molar-refractivity contribution in [3.05, 3.63) is 34.8 Å². The number of alkyl halides is 3. The Hall–Kier alpha value is -1.12. The Morgan fingerprint density at radius 2 is 2.16 bits per heavy atom. The standard InChI is InChI=1S/C11H10F3N3S2/c1-15-5-7-2-3-8(4-9(7)11(12,13)14)19-10-17-16-6-18-10/h2-4,6,15H,5H2,1H3. The number of nitrogens with zero attached hydrogens (tertiary/aromatic N) is 2. The van der Waals surface area contributed by atoms with Crippen LogP contribution in [0.3, 0.4) is 0 Å². The molecule has 0 aliphatic rings. The average Bonchev–Trinajstić information content (AvgIpc) is 2.83. The Labute approximate surface area is 116 Å². The molecule has 0 saturated heterocycles. The van der Waals surface area contributed by atoms with Crippen molar-refractivity contribution < 1.29 is 13.2 Å². The molecule has 0 saturated carbocycles. The molecule has 0 aliphatic carbocycles. The molecule has 1 heterocycles. The van der Waals surface area contributed by atoms with Gasteiger partial charge >= 0.3 is 6.18 Å². The van der Waals surface area contributed by atoms with E-state index in [2.05, 4.69) is 15.5 Å². The fourth-order valence-corrected chi connectivity index (χ4v) is 3.03. The Morgan fingerprint density at radius 3 is 2.74 bits per heavy atom. The lowest BCUT2D eigenvalue weighted by atomic mass is 10.1. The lowest BCUT2D eigenvalue weighted by molar-refractivity contribution is -0.138. The van der Waals surface area contributed by atoms with Crippen LogP contribution in [0, 0.1) is 0 Å². The maximum atomic E-state index is 13.0. The van der Waals surface area contributed by atoms with E-state index in [1.165, 1.54) is 29.2 Å². The number of nitrogens with one attached hydrogen (secondary N) is 1. The summed E-state index contributed by atoms with van der Waals surface area (Å²) in [5, 5.41) is 10.2. The third-order valence-electron chi connectivity index (χ3n) is 2.30. The molecule has 0 radical (unpaired) electrons. The van der Waals surface area contributed by atoms with E-state index < -0.39 is 11.7 Å². The number of aromatic nitrogens is 2. The molecule has 3 nitrogen and oxygen atoms in total. The molecule has 0 fully saturated rings. The van der Waals surface area contributed by atoms with Gasteiger partial charge in [-0.05, 0) is 24.7 Å². The third-order valence-corrected chi connectivity index (χ3v) is 4.07. The summed E-state index contributed by atoms with van der Waals surface area (Å²) in [7, 11) is 1.62. The summed E-state index contributed by atoms with van der Waals surface area (Å²) in [4.78, 5) is 0.504. The van der Waals surface area contributed by atoms with Gasteiger partial charge in [-0.3, -0.25) is 0 Å². The Balaban J connectivity index is 2.32. The molecular formula is C11H10F3N3S2. The van der Waals surface area contributed by atoms with Gasteiger partial charge < -0.3 is 5.32 Å². The molecule has 0 bridgehead atoms. The van der Waals surface area contributed by atoms with Gasteiger partial charge in [-0.2, -0.15) is 13.2 Å². The molecule has 1 aromatic heterocycles. The van der Waals surface area contributed by atoms with E-state index >= 15 is 0 Å². The molecule has 1 aromatic carbocycles. The normalized spacial score (nSPS) is 11.8. The zero-order valence-corrected chi connectivity index (χ0v) is 11.5. The molecule has 0 aliphatic heterocycles. The van der Waals surface area contributed by atoms with Gasteiger partial charge in [-0.25, -0.2) is 0 Å². The summed E-state index contributed by atoms with van der Waals surface area (Å²) in [6.45, 7) is 0.179. The van der Waals surface area contributed by atoms with E-state index in [4.69, 9.17) is 0 Å². The minimum absolute atomic E-state index is 0.179. The van der Waals surface area contributed by atoms with E-state index in [-0.39, 0.29) is 12.1 Å². The van der Waals surface area contributed by atoms with E-state index in [0.717, 1.165) is 6.07 Å². The van der Waals surface area contributed by atoms with Crippen molar-refractivity contribution in [1.29, 1.82) is 0 Å². The molecule has 0 spiro atoms. The average molecular weight is 305 g/mol. The number of hydrogen-bond donors (Lipinski definition) is 1. The SMILES string of the molecule is CNCc1ccc(Sc2nncs2)cc1C(F)(F)F. The van der Waals surface area contributed by atoms with Crippen molar-refractivity contribution in [2.24, 2.45) is 0 Å². The second-order valence-corrected chi connectivity index (χ2v) is 5.81. The fourth-order valence-electron chi connectivity index (χ4n) is 1.54. The predicted octanol–water partition coefficient (Wildman–Crippen LogP) is 3.43. The van der Waals surface area contributed by atoms with Crippen LogP contribution in [0.2, 0.25) is 0 Å². The van der Waals surface area contributed by atoms with Crippen LogP contribution in [-0.2, 0) is 12.7 Å². The second kappa shape index (κ2) is 5.89. The minimum Gasteiger partial charge on any atom is -0.316 e. The summed E-state index contributed by atoms with van der Waals surface area (Å²) in [6, 6.07) is 4.30. The van der Waals surface area contributed by atoms with Crippen molar-refractivity contribution in [2.45, 2.75) is 22.0 Å². The Kier molecular flexibility index (Phi) is 4.43. The van der Waals surface area contributed by atoms with Gasteiger partial charge in [-0.1, -0.05) is 29.2 Å². The van der Waals surface area contributed by atoms with Gasteiger partial charge in [0.2, 0.25) is 0 Å². The lowest BCUT2D eigenvalue weighted by Gasteiger charge is -2.13. The van der Waals surface area contributed by atoms with E-state index in [0.29, 0.717) is 9.24 Å². The van der Waals surface area contributed by atoms with Crippen molar-refractivity contribution in [3.63, 3.8) is 0 Å². The minimum atomic E-state index is -4.36. The zero-order chi connectivity index (χ0) is 13.9. The number of hydrogen-bond acceptors (Lipinski definition) is 5. The van der Waals surface area contributed by atoms with Gasteiger partial charge in [0.1, 0.15) is 5.51 Å². The lowest BCUT2D eigenvalue weighted by Crippen LogP contribution is -2.14. The van der Waals surface area contributed by atoms with Crippen molar-refractivity contribution in [1.82, 2.24) is 15.5 Å². The first kappa shape index (κ1) is 14.3. The molecule has 0 atom stereocenters. The zero-order valence-electron chi connectivity index (χ0n) is 9.86. The molecular weight excluding hydrogens is 295 g/mol. The van der Waals surface area contributed by atoms with Crippen molar-refractivity contribution in [3.8, 4) is 0 Å². The highest BCUT2D eigenvalue weighted by molar-refractivity contribution is 8.01. The summed E-state index contributed by atoms with van der Waals surface area (Å²) < 4.78 is 39.5. The van der Waals surface area contributed by atoms with Crippen LogP contribution >= 0.6 is 23.1 Å². The maximum absolute atomic E-state index is 13.0. The third kappa shape index (κ3) is 3.68. The summed E-state index contributed by atoms with van der Waals surface area (Å²) in [5.74, 6) is 0. The molecule has 0 amide bonds. The summed E-state index contributed by atoms with van der Waals surface area (Å²) >= 11 is 2.47. The molecule has 2 rings (SSSR count). The van der Waals surface area contributed by atoms with Gasteiger partial charge in [0, 0.05) is 11.4 Å². The molecule has 8 heteroatoms. The van der Waals surface area contributed by atoms with Crippen LogP contribution < -0.4 is 5.32 Å². The molecule has 0 unspecified atom stereocenters. The van der Waals surface area contributed by atoms with Crippen LogP contribution in [0.25, 0.3) is 0 Å². The highest BCUT2D eigenvalue weighted by Crippen LogP contribution is 2.36. The molecule has 2 aromatic rings. The predicted molar refractivity (Wildman–Crippen MR) is 68.2 cm³/mol. The molecule has 1 N–H and O–H groups in total. The molecule has 19 heavy (non-hydrogen) atoms. The van der Waals surface area contributed by atoms with Crippen LogP contribution in [0.1, 0.15) is 11.1 Å². The Bertz CT molecular complexity index is 541. The number of benzene rings is 1. The van der Waals surface area contributed by atoms with Crippen molar-refractivity contribution in [2.75, 3.05) is 7.05 Å². The highest BCUT2D eigenvalue weighted by Gasteiger charge is 2.33. The van der Waals surface area contributed by atoms with Crippen LogP contribution in [0.5, 0.6) is 0 Å². The van der Waals surface area contributed by atoms with Gasteiger partial charge in [0.25, 0.3) is 0 Å². The second-order valence-electron chi connectivity index (χ2n) is 3.65. The first-order valence-corrected chi connectivity index (χ1v) is 6.99. The quantitative estimate of drug-likeness (QED) is 0.939. The Morgan fingerprint density at radius 1 is 1.37 bits per heavy atom. The monoisotopic (exact) mass is 305 g/mol. The fraction of sp³-hybridized carbons (Fsp3) is 0.273. The number of rotatable bonds is 4. The number of halogens is 3. The van der Waals surface area contributed by atoms with E-state index in [9.17, 15) is 13.2 Å². The summed E-state index contributed by atoms with van der Waals surface area (Å²) in [6.07, 6.45) is -4.36. The van der Waals surface area contributed by atoms with Crippen LogP contribution in [0.15, 0.2) is 32.9 Å². The largest absolute Gasteiger partial charge is 0.416 e. The van der Waals surface area contributed by atoms with Crippen LogP contribution in [-0.4, -0.2) is 17.2 Å². The van der Waals surface area contributed by atoms with E-state index in [1.54, 1.807) is 18.6 Å². The van der Waals surface area contributed by atoms with Crippen LogP contribution in [0.4, 0.5) is 13.2 Å². The maximum Gasteiger partial charge on any atom is 0.416 e. The first-order chi connectivity index (χ1) is 9.00. The smallest absolute Gasteiger partial charge is 0.316 e. The van der Waals surface area contributed by atoms with Gasteiger partial charge in [0.15, 0.2) is 4.34 Å². The first-order valence-electron chi connectivity index (χ1n) is 5.29. The van der Waals surface area contributed by atoms with E-state index in [1.807, 2.05) is 0 Å². The van der Waals surface area contributed by atoms with Gasteiger partial charge in [0.05, 0.1) is 5.56 Å².